The predicted octanol–water partition coefficient (Wildman–Crippen LogP) is 5.06. The van der Waals surface area contributed by atoms with Crippen LogP contribution in [0.2, 0.25) is 0 Å². The zero-order valence-corrected chi connectivity index (χ0v) is 17.1. The van der Waals surface area contributed by atoms with Gasteiger partial charge in [0.25, 0.3) is 0 Å². The van der Waals surface area contributed by atoms with Gasteiger partial charge in [-0.3, -0.25) is 10.3 Å². The number of hydrogen-bond donors (Lipinski definition) is 2. The second-order valence-corrected chi connectivity index (χ2v) is 7.93. The molecule has 1 saturated carbocycles. The number of aliphatic imine (C=N–C) groups is 1. The van der Waals surface area contributed by atoms with Gasteiger partial charge in [0.2, 0.25) is 0 Å². The smallest absolute Gasteiger partial charge is 0.409 e. The van der Waals surface area contributed by atoms with Crippen molar-refractivity contribution in [2.24, 2.45) is 10.9 Å². The van der Waals surface area contributed by atoms with Gasteiger partial charge in [-0.05, 0) is 24.5 Å². The Kier molecular flexibility index (Phi) is 6.20. The average molecular weight is 408 g/mol. The lowest BCUT2D eigenvalue weighted by Crippen LogP contribution is -2.41. The van der Waals surface area contributed by atoms with E-state index in [1.54, 1.807) is 0 Å². The topological polar surface area (TPSA) is 62.7 Å². The van der Waals surface area contributed by atoms with E-state index < -0.39 is 12.3 Å². The Morgan fingerprint density at radius 1 is 1.07 bits per heavy atom. The van der Waals surface area contributed by atoms with Crippen LogP contribution in [-0.4, -0.2) is 23.0 Å². The highest BCUT2D eigenvalue weighted by Crippen LogP contribution is 2.32. The van der Waals surface area contributed by atoms with E-state index in [1.807, 2.05) is 48.5 Å². The molecule has 2 aromatic rings. The molecule has 2 aromatic carbocycles. The van der Waals surface area contributed by atoms with Crippen molar-refractivity contribution in [3.05, 3.63) is 65.7 Å². The van der Waals surface area contributed by atoms with Gasteiger partial charge in [0.15, 0.2) is 6.17 Å². The summed E-state index contributed by atoms with van der Waals surface area (Å²) in [6.07, 6.45) is 4.76. The first-order valence-electron chi connectivity index (χ1n) is 10.2. The zero-order valence-electron chi connectivity index (χ0n) is 16.3. The Bertz CT molecular complexity index is 907. The van der Waals surface area contributed by atoms with Gasteiger partial charge in [-0.25, -0.2) is 4.79 Å². The van der Waals surface area contributed by atoms with E-state index in [1.165, 1.54) is 19.3 Å². The molecule has 6 heteroatoms. The number of fused-ring (bicyclic) bond motifs is 1. The van der Waals surface area contributed by atoms with Crippen LogP contribution in [0.25, 0.3) is 0 Å². The van der Waals surface area contributed by atoms with Crippen molar-refractivity contribution < 1.29 is 9.53 Å². The zero-order chi connectivity index (χ0) is 20.1. The van der Waals surface area contributed by atoms with Crippen LogP contribution in [-0.2, 0) is 11.3 Å². The van der Waals surface area contributed by atoms with Gasteiger partial charge in [0.05, 0.1) is 5.71 Å². The molecule has 0 unspecified atom stereocenters. The summed E-state index contributed by atoms with van der Waals surface area (Å²) in [7, 11) is 0. The molecule has 0 saturated heterocycles. The molecule has 4 rings (SSSR count). The van der Waals surface area contributed by atoms with Crippen LogP contribution in [0.3, 0.4) is 0 Å². The van der Waals surface area contributed by atoms with Crippen molar-refractivity contribution in [1.29, 1.82) is 0 Å². The van der Waals surface area contributed by atoms with Crippen LogP contribution in [0.1, 0.15) is 43.2 Å². The van der Waals surface area contributed by atoms with Crippen LogP contribution in [0.5, 0.6) is 0 Å². The van der Waals surface area contributed by atoms with Crippen LogP contribution < -0.4 is 10.6 Å². The van der Waals surface area contributed by atoms with Crippen molar-refractivity contribution in [2.75, 3.05) is 5.32 Å². The minimum atomic E-state index is -0.641. The molecule has 2 aliphatic rings. The van der Waals surface area contributed by atoms with E-state index in [9.17, 15) is 4.79 Å². The molecule has 1 atom stereocenters. The predicted molar refractivity (Wildman–Crippen MR) is 119 cm³/mol. The van der Waals surface area contributed by atoms with Crippen LogP contribution >= 0.6 is 12.2 Å². The minimum Gasteiger partial charge on any atom is -0.445 e. The number of rotatable bonds is 4. The van der Waals surface area contributed by atoms with Gasteiger partial charge in [-0.2, -0.15) is 0 Å². The third kappa shape index (κ3) is 4.82. The fraction of sp³-hybridized carbons (Fsp3) is 0.348. The SMILES string of the molecule is O=C(N[C@H]1N=C(C2CCCCC2)c2ccccc2NC1=S)OCc1ccccc1. The number of carbonyl (C=O) groups excluding carboxylic acids is 1. The van der Waals surface area contributed by atoms with E-state index >= 15 is 0 Å². The van der Waals surface area contributed by atoms with Crippen molar-refractivity contribution in [3.63, 3.8) is 0 Å². The van der Waals surface area contributed by atoms with Crippen molar-refractivity contribution >= 4 is 34.7 Å². The van der Waals surface area contributed by atoms with Crippen molar-refractivity contribution in [1.82, 2.24) is 5.32 Å². The Labute approximate surface area is 176 Å². The number of para-hydroxylation sites is 1. The van der Waals surface area contributed by atoms with E-state index in [4.69, 9.17) is 21.9 Å². The maximum atomic E-state index is 12.4. The molecule has 0 bridgehead atoms. The number of nitrogens with one attached hydrogen (secondary N) is 2. The first-order valence-corrected chi connectivity index (χ1v) is 10.6. The molecule has 1 heterocycles. The number of ether oxygens (including phenoxy) is 1. The molecule has 5 nitrogen and oxygen atoms in total. The van der Waals surface area contributed by atoms with E-state index in [-0.39, 0.29) is 6.61 Å². The summed E-state index contributed by atoms with van der Waals surface area (Å²) in [5, 5.41) is 6.10. The Balaban J connectivity index is 1.52. The standard InChI is InChI=1S/C23H25N3O2S/c27-23(28-15-16-9-3-1-4-10-16)26-21-22(29)24-19-14-8-7-13-18(19)20(25-21)17-11-5-2-6-12-17/h1,3-4,7-10,13-14,17,21H,2,5-6,11-12,15H2,(H,24,29)(H,26,27)/t21-/m1/s1. The highest BCUT2D eigenvalue weighted by molar-refractivity contribution is 7.80. The second-order valence-electron chi connectivity index (χ2n) is 7.49. The highest BCUT2D eigenvalue weighted by Gasteiger charge is 2.29. The number of benzene rings is 2. The number of anilines is 1. The van der Waals surface area contributed by atoms with Gasteiger partial charge in [0, 0.05) is 17.2 Å². The van der Waals surface area contributed by atoms with Gasteiger partial charge < -0.3 is 10.1 Å². The number of carbonyl (C=O) groups is 1. The fourth-order valence-corrected chi connectivity index (χ4v) is 4.18. The lowest BCUT2D eigenvalue weighted by Gasteiger charge is -2.24. The van der Waals surface area contributed by atoms with Crippen molar-refractivity contribution in [2.45, 2.75) is 44.9 Å². The molecule has 1 aliphatic heterocycles. The quantitative estimate of drug-likeness (QED) is 0.695. The van der Waals surface area contributed by atoms with Crippen LogP contribution in [0.15, 0.2) is 59.6 Å². The molecule has 1 aliphatic carbocycles. The lowest BCUT2D eigenvalue weighted by atomic mass is 9.83. The Hall–Kier alpha value is -2.73. The molecular formula is C23H25N3O2S. The molecule has 0 spiro atoms. The van der Waals surface area contributed by atoms with Gasteiger partial charge in [0.1, 0.15) is 11.6 Å². The van der Waals surface area contributed by atoms with Crippen molar-refractivity contribution in [3.8, 4) is 0 Å². The molecule has 0 aromatic heterocycles. The van der Waals surface area contributed by atoms with Gasteiger partial charge >= 0.3 is 6.09 Å². The largest absolute Gasteiger partial charge is 0.445 e. The number of benzodiazepines with no additional fused rings is 1. The van der Waals surface area contributed by atoms with E-state index in [0.29, 0.717) is 10.9 Å². The normalized spacial score (nSPS) is 19.4. The van der Waals surface area contributed by atoms with Gasteiger partial charge in [-0.1, -0.05) is 80.0 Å². The summed E-state index contributed by atoms with van der Waals surface area (Å²) in [5.41, 5.74) is 3.98. The Morgan fingerprint density at radius 3 is 2.59 bits per heavy atom. The maximum Gasteiger partial charge on any atom is 0.409 e. The minimum absolute atomic E-state index is 0.207. The first-order chi connectivity index (χ1) is 14.2. The summed E-state index contributed by atoms with van der Waals surface area (Å²) >= 11 is 5.55. The summed E-state index contributed by atoms with van der Waals surface area (Å²) in [5.74, 6) is 0.386. The number of hydrogen-bond acceptors (Lipinski definition) is 4. The van der Waals surface area contributed by atoms with Gasteiger partial charge in [-0.15, -0.1) is 0 Å². The lowest BCUT2D eigenvalue weighted by molar-refractivity contribution is 0.138. The molecule has 0 radical (unpaired) electrons. The summed E-state index contributed by atoms with van der Waals surface area (Å²) in [6, 6.07) is 17.7. The van der Waals surface area contributed by atoms with E-state index in [0.717, 1.165) is 35.4 Å². The number of nitrogens with zero attached hydrogens (tertiary/aromatic N) is 1. The Morgan fingerprint density at radius 2 is 1.79 bits per heavy atom. The number of alkyl carbamates (subject to hydrolysis) is 1. The molecule has 150 valence electrons. The fourth-order valence-electron chi connectivity index (χ4n) is 3.96. The molecule has 1 fully saturated rings. The van der Waals surface area contributed by atoms with Crippen LogP contribution in [0, 0.1) is 5.92 Å². The average Bonchev–Trinajstić information content (AvgIpc) is 2.90. The molecule has 2 N–H and O–H groups in total. The van der Waals surface area contributed by atoms with E-state index in [2.05, 4.69) is 16.7 Å². The summed E-state index contributed by atoms with van der Waals surface area (Å²) in [6.45, 7) is 0.207. The second kappa shape index (κ2) is 9.18. The number of amides is 1. The number of thiocarbonyl (C=S) groups is 1. The molecular weight excluding hydrogens is 382 g/mol. The summed E-state index contributed by atoms with van der Waals surface area (Å²) in [4.78, 5) is 17.8. The first kappa shape index (κ1) is 19.6. The monoisotopic (exact) mass is 407 g/mol. The molecule has 29 heavy (non-hydrogen) atoms. The summed E-state index contributed by atoms with van der Waals surface area (Å²) < 4.78 is 5.37. The maximum absolute atomic E-state index is 12.4. The molecule has 1 amide bonds. The highest BCUT2D eigenvalue weighted by atomic mass is 32.1. The van der Waals surface area contributed by atoms with Crippen LogP contribution in [0.4, 0.5) is 10.5 Å². The third-order valence-corrected chi connectivity index (χ3v) is 5.76. The third-order valence-electron chi connectivity index (χ3n) is 5.44.